The van der Waals surface area contributed by atoms with Crippen molar-refractivity contribution in [2.24, 2.45) is 11.8 Å². The Kier molecular flexibility index (Phi) is 6.68. The number of hydrogen-bond donors (Lipinski definition) is 1. The van der Waals surface area contributed by atoms with Gasteiger partial charge in [-0.15, -0.1) is 0 Å². The van der Waals surface area contributed by atoms with Gasteiger partial charge in [0.2, 0.25) is 5.91 Å². The summed E-state index contributed by atoms with van der Waals surface area (Å²) < 4.78 is 0.817. The molecule has 1 aromatic rings. The van der Waals surface area contributed by atoms with Crippen molar-refractivity contribution in [2.75, 3.05) is 19.6 Å². The molecule has 0 bridgehead atoms. The van der Waals surface area contributed by atoms with Gasteiger partial charge >= 0.3 is 6.03 Å². The molecule has 7 heteroatoms. The first-order valence-corrected chi connectivity index (χ1v) is 10.0. The summed E-state index contributed by atoms with van der Waals surface area (Å²) in [5, 5.41) is 2.75. The molecule has 148 valence electrons. The van der Waals surface area contributed by atoms with Crippen molar-refractivity contribution < 1.29 is 14.4 Å². The summed E-state index contributed by atoms with van der Waals surface area (Å²) in [7, 11) is 0. The van der Waals surface area contributed by atoms with Crippen molar-refractivity contribution >= 4 is 33.8 Å². The molecule has 1 unspecified atom stereocenters. The van der Waals surface area contributed by atoms with E-state index in [9.17, 15) is 14.4 Å². The van der Waals surface area contributed by atoms with Gasteiger partial charge < -0.3 is 10.2 Å². The van der Waals surface area contributed by atoms with Gasteiger partial charge in [0, 0.05) is 17.6 Å². The van der Waals surface area contributed by atoms with E-state index in [4.69, 9.17) is 0 Å². The van der Waals surface area contributed by atoms with Gasteiger partial charge in [-0.05, 0) is 36.5 Å². The Morgan fingerprint density at radius 1 is 1.19 bits per heavy atom. The topological polar surface area (TPSA) is 69.7 Å². The van der Waals surface area contributed by atoms with Gasteiger partial charge in [-0.25, -0.2) is 4.79 Å². The fourth-order valence-electron chi connectivity index (χ4n) is 3.23. The fraction of sp³-hybridized carbons (Fsp3) is 0.550. The molecule has 2 rings (SSSR count). The van der Waals surface area contributed by atoms with E-state index in [1.165, 1.54) is 0 Å². The Morgan fingerprint density at radius 3 is 2.30 bits per heavy atom. The zero-order valence-electron chi connectivity index (χ0n) is 16.6. The fourth-order valence-corrected chi connectivity index (χ4v) is 3.63. The first-order chi connectivity index (χ1) is 12.5. The number of amides is 4. The van der Waals surface area contributed by atoms with Gasteiger partial charge in [-0.2, -0.15) is 0 Å². The molecule has 6 nitrogen and oxygen atoms in total. The Bertz CT molecular complexity index is 725. The number of benzene rings is 1. The minimum absolute atomic E-state index is 0.209. The van der Waals surface area contributed by atoms with Gasteiger partial charge in [0.15, 0.2) is 0 Å². The van der Waals surface area contributed by atoms with E-state index < -0.39 is 17.5 Å². The lowest BCUT2D eigenvalue weighted by Gasteiger charge is -2.28. The molecule has 4 amide bonds. The van der Waals surface area contributed by atoms with Gasteiger partial charge in [0.25, 0.3) is 5.91 Å². The quantitative estimate of drug-likeness (QED) is 0.664. The molecular formula is C20H28BrN3O3. The molecule has 0 aromatic heterocycles. The number of nitrogens with one attached hydrogen (secondary N) is 1. The average Bonchev–Trinajstić information content (AvgIpc) is 2.77. The van der Waals surface area contributed by atoms with E-state index in [2.05, 4.69) is 21.2 Å². The Hall–Kier alpha value is -1.89. The van der Waals surface area contributed by atoms with Crippen LogP contribution in [0.25, 0.3) is 0 Å². The van der Waals surface area contributed by atoms with Gasteiger partial charge in [0.05, 0.1) is 0 Å². The Morgan fingerprint density at radius 2 is 1.78 bits per heavy atom. The maximum absolute atomic E-state index is 13.0. The second-order valence-electron chi connectivity index (χ2n) is 8.04. The second-order valence-corrected chi connectivity index (χ2v) is 8.96. The molecule has 0 radical (unpaired) electrons. The molecule has 1 atom stereocenters. The van der Waals surface area contributed by atoms with Crippen LogP contribution >= 0.6 is 15.9 Å². The smallest absolute Gasteiger partial charge is 0.325 e. The summed E-state index contributed by atoms with van der Waals surface area (Å²) in [6.07, 6.45) is 0. The average molecular weight is 438 g/mol. The third-order valence-corrected chi connectivity index (χ3v) is 4.99. The van der Waals surface area contributed by atoms with Gasteiger partial charge in [-0.3, -0.25) is 14.5 Å². The number of imide groups is 1. The van der Waals surface area contributed by atoms with Crippen LogP contribution in [0.3, 0.4) is 0 Å². The highest BCUT2D eigenvalue weighted by Gasteiger charge is 2.49. The minimum Gasteiger partial charge on any atom is -0.341 e. The normalized spacial score (nSPS) is 19.8. The van der Waals surface area contributed by atoms with Crippen LogP contribution in [0, 0.1) is 11.8 Å². The number of carbonyl (C=O) groups is 3. The monoisotopic (exact) mass is 437 g/mol. The van der Waals surface area contributed by atoms with Crippen LogP contribution < -0.4 is 5.32 Å². The lowest BCUT2D eigenvalue weighted by Crippen LogP contribution is -2.46. The van der Waals surface area contributed by atoms with Crippen molar-refractivity contribution in [3.63, 3.8) is 0 Å². The second kappa shape index (κ2) is 8.42. The minimum atomic E-state index is -1.18. The number of halogens is 1. The molecule has 1 fully saturated rings. The highest BCUT2D eigenvalue weighted by molar-refractivity contribution is 9.10. The highest BCUT2D eigenvalue weighted by atomic mass is 79.9. The number of urea groups is 1. The van der Waals surface area contributed by atoms with Crippen molar-refractivity contribution in [3.8, 4) is 0 Å². The molecule has 0 saturated carbocycles. The maximum atomic E-state index is 13.0. The van der Waals surface area contributed by atoms with E-state index in [0.29, 0.717) is 30.5 Å². The largest absolute Gasteiger partial charge is 0.341 e. The Balaban J connectivity index is 2.20. The third-order valence-electron chi connectivity index (χ3n) is 4.49. The summed E-state index contributed by atoms with van der Waals surface area (Å²) in [5.74, 6) is -0.00197. The summed E-state index contributed by atoms with van der Waals surface area (Å²) in [6, 6.07) is 6.71. The standard InChI is InChI=1S/C20H28BrN3O3/c1-13(2)10-23(11-14(3)4)17(25)12-24-18(26)20(5,22-19(24)27)15-7-6-8-16(21)9-15/h6-9,13-14H,10-12H2,1-5H3,(H,22,27). The van der Waals surface area contributed by atoms with Crippen molar-refractivity contribution in [3.05, 3.63) is 34.3 Å². The first-order valence-electron chi connectivity index (χ1n) is 9.22. The summed E-state index contributed by atoms with van der Waals surface area (Å²) in [5.41, 5.74) is -0.506. The van der Waals surface area contributed by atoms with E-state index in [0.717, 1.165) is 9.37 Å². The first kappa shape index (κ1) is 21.4. The SMILES string of the molecule is CC(C)CN(CC(C)C)C(=O)CN1C(=O)NC(C)(c2cccc(Br)c2)C1=O. The number of nitrogens with zero attached hydrogens (tertiary/aromatic N) is 2. The molecule has 0 spiro atoms. The van der Waals surface area contributed by atoms with Gasteiger partial charge in [-0.1, -0.05) is 55.8 Å². The molecule has 1 aliphatic rings. The van der Waals surface area contributed by atoms with E-state index in [-0.39, 0.29) is 12.5 Å². The molecule has 1 aliphatic heterocycles. The summed E-state index contributed by atoms with van der Waals surface area (Å²) in [6.45, 7) is 10.8. The van der Waals surface area contributed by atoms with Crippen LogP contribution in [-0.2, 0) is 15.1 Å². The van der Waals surface area contributed by atoms with E-state index in [1.54, 1.807) is 24.0 Å². The van der Waals surface area contributed by atoms with Crippen LogP contribution in [0.15, 0.2) is 28.7 Å². The van der Waals surface area contributed by atoms with E-state index in [1.807, 2.05) is 39.8 Å². The number of carbonyl (C=O) groups excluding carboxylic acids is 3. The molecular weight excluding hydrogens is 410 g/mol. The van der Waals surface area contributed by atoms with E-state index >= 15 is 0 Å². The van der Waals surface area contributed by atoms with Crippen LogP contribution in [0.4, 0.5) is 4.79 Å². The van der Waals surface area contributed by atoms with Crippen molar-refractivity contribution in [2.45, 2.75) is 40.2 Å². The highest BCUT2D eigenvalue weighted by Crippen LogP contribution is 2.30. The third kappa shape index (κ3) is 4.89. The molecule has 1 heterocycles. The molecule has 1 aromatic carbocycles. The lowest BCUT2D eigenvalue weighted by atomic mass is 9.92. The van der Waals surface area contributed by atoms with Crippen LogP contribution in [0.1, 0.15) is 40.2 Å². The van der Waals surface area contributed by atoms with Crippen molar-refractivity contribution in [1.82, 2.24) is 15.1 Å². The zero-order chi connectivity index (χ0) is 20.4. The van der Waals surface area contributed by atoms with Crippen LogP contribution in [-0.4, -0.2) is 47.3 Å². The van der Waals surface area contributed by atoms with Crippen molar-refractivity contribution in [1.29, 1.82) is 0 Å². The zero-order valence-corrected chi connectivity index (χ0v) is 18.2. The van der Waals surface area contributed by atoms with Crippen LogP contribution in [0.2, 0.25) is 0 Å². The predicted molar refractivity (Wildman–Crippen MR) is 108 cm³/mol. The van der Waals surface area contributed by atoms with Gasteiger partial charge in [0.1, 0.15) is 12.1 Å². The number of hydrogen-bond acceptors (Lipinski definition) is 3. The molecule has 1 N–H and O–H groups in total. The lowest BCUT2D eigenvalue weighted by molar-refractivity contribution is -0.139. The Labute approximate surface area is 169 Å². The summed E-state index contributed by atoms with van der Waals surface area (Å²) in [4.78, 5) is 41.1. The van der Waals surface area contributed by atoms with Crippen LogP contribution in [0.5, 0.6) is 0 Å². The molecule has 27 heavy (non-hydrogen) atoms. The number of rotatable bonds is 7. The summed E-state index contributed by atoms with van der Waals surface area (Å²) >= 11 is 3.39. The molecule has 0 aliphatic carbocycles. The maximum Gasteiger partial charge on any atom is 0.325 e. The molecule has 1 saturated heterocycles. The predicted octanol–water partition coefficient (Wildman–Crippen LogP) is 3.36.